The summed E-state index contributed by atoms with van der Waals surface area (Å²) in [5.74, 6) is -0.301. The molecule has 0 fully saturated rings. The minimum atomic E-state index is -0.933. The fourth-order valence-corrected chi connectivity index (χ4v) is 2.85. The maximum atomic E-state index is 11.1. The number of aromatic nitrogens is 3. The number of aryl methyl sites for hydroxylation is 1. The van der Waals surface area contributed by atoms with Crippen LogP contribution in [0.1, 0.15) is 15.9 Å². The zero-order valence-corrected chi connectivity index (χ0v) is 12.9. The number of aromatic amines is 1. The Balaban J connectivity index is 1.83. The number of pyridine rings is 1. The highest BCUT2D eigenvalue weighted by Crippen LogP contribution is 2.29. The lowest BCUT2D eigenvalue weighted by Crippen LogP contribution is -2.01. The van der Waals surface area contributed by atoms with Gasteiger partial charge in [-0.2, -0.15) is 5.10 Å². The summed E-state index contributed by atoms with van der Waals surface area (Å²) in [7, 11) is 0. The Bertz CT molecular complexity index is 1080. The van der Waals surface area contributed by atoms with Crippen LogP contribution in [0.3, 0.4) is 0 Å². The van der Waals surface area contributed by atoms with Crippen LogP contribution in [0, 0.1) is 6.92 Å². The Morgan fingerprint density at radius 1 is 1.17 bits per heavy atom. The molecule has 24 heavy (non-hydrogen) atoms. The Hall–Kier alpha value is -3.41. The van der Waals surface area contributed by atoms with Crippen molar-refractivity contribution >= 4 is 39.3 Å². The van der Waals surface area contributed by atoms with Crippen LogP contribution in [0.15, 0.2) is 48.7 Å². The number of carbonyl (C=O) groups is 1. The molecule has 4 aromatic rings. The second-order valence-electron chi connectivity index (χ2n) is 5.58. The van der Waals surface area contributed by atoms with E-state index in [4.69, 9.17) is 5.11 Å². The molecule has 0 spiro atoms. The zero-order valence-electron chi connectivity index (χ0n) is 12.9. The summed E-state index contributed by atoms with van der Waals surface area (Å²) in [4.78, 5) is 15.8. The highest BCUT2D eigenvalue weighted by atomic mass is 16.4. The maximum Gasteiger partial charge on any atom is 0.335 e. The lowest BCUT2D eigenvalue weighted by atomic mass is 10.1. The summed E-state index contributed by atoms with van der Waals surface area (Å²) < 4.78 is 0. The second kappa shape index (κ2) is 5.34. The Morgan fingerprint density at radius 3 is 2.79 bits per heavy atom. The van der Waals surface area contributed by atoms with Gasteiger partial charge >= 0.3 is 5.97 Å². The van der Waals surface area contributed by atoms with Crippen molar-refractivity contribution in [3.05, 3.63) is 59.8 Å². The molecule has 0 aliphatic rings. The van der Waals surface area contributed by atoms with E-state index in [1.54, 1.807) is 25.1 Å². The highest BCUT2D eigenvalue weighted by Gasteiger charge is 2.12. The second-order valence-corrected chi connectivity index (χ2v) is 5.58. The number of H-pyrrole nitrogens is 1. The van der Waals surface area contributed by atoms with E-state index in [-0.39, 0.29) is 5.56 Å². The molecule has 2 aromatic carbocycles. The molecule has 0 saturated carbocycles. The topological polar surface area (TPSA) is 90.9 Å². The number of anilines is 2. The van der Waals surface area contributed by atoms with Crippen molar-refractivity contribution in [2.45, 2.75) is 6.92 Å². The molecule has 3 N–H and O–H groups in total. The van der Waals surface area contributed by atoms with Crippen LogP contribution in [0.4, 0.5) is 11.5 Å². The predicted octanol–water partition coefficient (Wildman–Crippen LogP) is 3.86. The van der Waals surface area contributed by atoms with E-state index in [0.717, 1.165) is 27.5 Å². The molecule has 4 rings (SSSR count). The third-order valence-corrected chi connectivity index (χ3v) is 4.01. The van der Waals surface area contributed by atoms with E-state index in [0.29, 0.717) is 11.4 Å². The average molecular weight is 318 g/mol. The Morgan fingerprint density at radius 2 is 2.00 bits per heavy atom. The van der Waals surface area contributed by atoms with Crippen molar-refractivity contribution in [2.75, 3.05) is 5.32 Å². The van der Waals surface area contributed by atoms with Gasteiger partial charge in [-0.05, 0) is 36.8 Å². The van der Waals surface area contributed by atoms with Gasteiger partial charge in [0, 0.05) is 22.7 Å². The van der Waals surface area contributed by atoms with Gasteiger partial charge in [-0.15, -0.1) is 0 Å². The number of rotatable bonds is 3. The average Bonchev–Trinajstić information content (AvgIpc) is 3.05. The van der Waals surface area contributed by atoms with Crippen molar-refractivity contribution in [3.63, 3.8) is 0 Å². The number of nitrogens with zero attached hydrogens (tertiary/aromatic N) is 2. The number of carboxylic acids is 1. The first-order valence-electron chi connectivity index (χ1n) is 7.46. The van der Waals surface area contributed by atoms with Crippen LogP contribution in [0.5, 0.6) is 0 Å². The number of carboxylic acid groups (broad SMARTS) is 1. The van der Waals surface area contributed by atoms with Crippen LogP contribution < -0.4 is 5.32 Å². The van der Waals surface area contributed by atoms with E-state index >= 15 is 0 Å². The summed E-state index contributed by atoms with van der Waals surface area (Å²) in [6, 6.07) is 13.0. The van der Waals surface area contributed by atoms with E-state index in [9.17, 15) is 4.79 Å². The normalized spacial score (nSPS) is 11.0. The largest absolute Gasteiger partial charge is 0.478 e. The summed E-state index contributed by atoms with van der Waals surface area (Å²) in [5, 5.41) is 21.6. The molecular formula is C18H14N4O2. The zero-order chi connectivity index (χ0) is 16.7. The van der Waals surface area contributed by atoms with E-state index in [2.05, 4.69) is 20.5 Å². The Kier molecular flexibility index (Phi) is 3.16. The molecule has 2 aromatic heterocycles. The molecule has 0 aliphatic carbocycles. The number of para-hydroxylation sites is 1. The lowest BCUT2D eigenvalue weighted by Gasteiger charge is -2.10. The number of nitrogens with one attached hydrogen (secondary N) is 2. The Labute approximate surface area is 137 Å². The number of hydrogen-bond acceptors (Lipinski definition) is 4. The fourth-order valence-electron chi connectivity index (χ4n) is 2.85. The molecule has 0 radical (unpaired) electrons. The summed E-state index contributed by atoms with van der Waals surface area (Å²) >= 11 is 0. The van der Waals surface area contributed by atoms with E-state index in [1.807, 2.05) is 30.5 Å². The van der Waals surface area contributed by atoms with Gasteiger partial charge in [0.05, 0.1) is 11.1 Å². The van der Waals surface area contributed by atoms with Crippen LogP contribution in [-0.2, 0) is 0 Å². The van der Waals surface area contributed by atoms with Crippen LogP contribution in [-0.4, -0.2) is 26.3 Å². The minimum Gasteiger partial charge on any atom is -0.478 e. The molecule has 0 amide bonds. The minimum absolute atomic E-state index is 0.289. The van der Waals surface area contributed by atoms with Crippen LogP contribution in [0.25, 0.3) is 21.8 Å². The van der Waals surface area contributed by atoms with Crippen molar-refractivity contribution in [2.24, 2.45) is 0 Å². The molecule has 0 bridgehead atoms. The third kappa shape index (κ3) is 2.25. The first kappa shape index (κ1) is 14.2. The fraction of sp³-hybridized carbons (Fsp3) is 0.0556. The number of fused-ring (bicyclic) bond motifs is 3. The molecule has 0 saturated heterocycles. The molecule has 0 aliphatic heterocycles. The monoisotopic (exact) mass is 318 g/mol. The van der Waals surface area contributed by atoms with Crippen molar-refractivity contribution in [1.29, 1.82) is 0 Å². The molecule has 2 heterocycles. The quantitative estimate of drug-likeness (QED) is 0.533. The van der Waals surface area contributed by atoms with Gasteiger partial charge in [0.1, 0.15) is 5.52 Å². The van der Waals surface area contributed by atoms with Crippen molar-refractivity contribution in [1.82, 2.24) is 15.2 Å². The third-order valence-electron chi connectivity index (χ3n) is 4.01. The van der Waals surface area contributed by atoms with Crippen LogP contribution in [0.2, 0.25) is 0 Å². The van der Waals surface area contributed by atoms with Gasteiger partial charge in [-0.3, -0.25) is 5.10 Å². The van der Waals surface area contributed by atoms with Crippen LogP contribution >= 0.6 is 0 Å². The van der Waals surface area contributed by atoms with Crippen molar-refractivity contribution in [3.8, 4) is 0 Å². The van der Waals surface area contributed by atoms with E-state index in [1.165, 1.54) is 0 Å². The first-order chi connectivity index (χ1) is 11.6. The molecule has 118 valence electrons. The highest BCUT2D eigenvalue weighted by molar-refractivity contribution is 6.08. The lowest BCUT2D eigenvalue weighted by molar-refractivity contribution is 0.0696. The molecule has 6 nitrogen and oxygen atoms in total. The summed E-state index contributed by atoms with van der Waals surface area (Å²) in [6.07, 6.45) is 1.85. The van der Waals surface area contributed by atoms with Gasteiger partial charge in [-0.1, -0.05) is 18.2 Å². The molecular weight excluding hydrogens is 304 g/mol. The number of benzene rings is 2. The van der Waals surface area contributed by atoms with Gasteiger partial charge in [0.2, 0.25) is 0 Å². The number of aromatic carboxylic acids is 1. The number of hydrogen-bond donors (Lipinski definition) is 3. The van der Waals surface area contributed by atoms with Gasteiger partial charge in [0.15, 0.2) is 5.82 Å². The molecule has 0 atom stereocenters. The van der Waals surface area contributed by atoms with Gasteiger partial charge in [-0.25, -0.2) is 9.78 Å². The van der Waals surface area contributed by atoms with E-state index < -0.39 is 5.97 Å². The van der Waals surface area contributed by atoms with Gasteiger partial charge < -0.3 is 10.4 Å². The SMILES string of the molecule is Cc1cc(Nc2nc3ccccc3c3c[nH]nc23)ccc1C(=O)O. The van der Waals surface area contributed by atoms with Gasteiger partial charge in [0.25, 0.3) is 0 Å². The first-order valence-corrected chi connectivity index (χ1v) is 7.46. The smallest absolute Gasteiger partial charge is 0.335 e. The standard InChI is InChI=1S/C18H14N4O2/c1-10-8-11(6-7-12(10)18(23)24)20-17-16-14(9-19-22-16)13-4-2-3-5-15(13)21-17/h2-9H,1H3,(H,19,22)(H,20,21)(H,23,24). The summed E-state index contributed by atoms with van der Waals surface area (Å²) in [5.41, 5.74) is 3.36. The molecule has 6 heteroatoms. The van der Waals surface area contributed by atoms with Crippen molar-refractivity contribution < 1.29 is 9.90 Å². The maximum absolute atomic E-state index is 11.1. The molecule has 0 unspecified atom stereocenters. The predicted molar refractivity (Wildman–Crippen MR) is 92.8 cm³/mol. The summed E-state index contributed by atoms with van der Waals surface area (Å²) in [6.45, 7) is 1.77.